The highest BCUT2D eigenvalue weighted by Crippen LogP contribution is 2.45. The van der Waals surface area contributed by atoms with Gasteiger partial charge in [0.2, 0.25) is 5.91 Å². The first-order valence-corrected chi connectivity index (χ1v) is 6.76. The maximum absolute atomic E-state index is 12.5. The molecule has 2 rings (SSSR count). The van der Waals surface area contributed by atoms with Gasteiger partial charge in [-0.05, 0) is 11.8 Å². The van der Waals surface area contributed by atoms with Crippen LogP contribution >= 0.6 is 0 Å². The summed E-state index contributed by atoms with van der Waals surface area (Å²) in [5.74, 6) is -1.81. The molecule has 7 heteroatoms. The number of aliphatic carboxylic acids is 1. The fraction of sp³-hybridized carbons (Fsp3) is 0.769. The van der Waals surface area contributed by atoms with E-state index in [-0.39, 0.29) is 31.7 Å². The molecule has 0 aromatic heterocycles. The molecule has 2 saturated heterocycles. The molecule has 2 heterocycles. The van der Waals surface area contributed by atoms with Gasteiger partial charge < -0.3 is 10.8 Å². The molecule has 2 fully saturated rings. The summed E-state index contributed by atoms with van der Waals surface area (Å²) in [6.07, 6.45) is 0.643. The van der Waals surface area contributed by atoms with E-state index in [0.29, 0.717) is 0 Å². The number of nitrogens with zero attached hydrogens (tertiary/aromatic N) is 2. The zero-order valence-electron chi connectivity index (χ0n) is 12.0. The van der Waals surface area contributed by atoms with Crippen molar-refractivity contribution >= 4 is 17.8 Å². The van der Waals surface area contributed by atoms with Gasteiger partial charge in [-0.1, -0.05) is 20.8 Å². The number of carbonyl (C=O) groups is 3. The van der Waals surface area contributed by atoms with Gasteiger partial charge in [-0.2, -0.15) is 0 Å². The summed E-state index contributed by atoms with van der Waals surface area (Å²) in [5.41, 5.74) is 3.65. The second kappa shape index (κ2) is 4.44. The fourth-order valence-corrected chi connectivity index (χ4v) is 3.12. The van der Waals surface area contributed by atoms with Crippen LogP contribution in [-0.2, 0) is 14.4 Å². The largest absolute Gasteiger partial charge is 0.479 e. The maximum atomic E-state index is 12.5. The Morgan fingerprint density at radius 3 is 2.50 bits per heavy atom. The Balaban J connectivity index is 2.58. The Kier molecular flexibility index (Phi) is 3.28. The summed E-state index contributed by atoms with van der Waals surface area (Å²) < 4.78 is 0. The van der Waals surface area contributed by atoms with E-state index in [9.17, 15) is 19.5 Å². The third kappa shape index (κ3) is 1.80. The molecule has 0 bridgehead atoms. The highest BCUT2D eigenvalue weighted by Gasteiger charge is 2.62. The van der Waals surface area contributed by atoms with E-state index in [1.165, 1.54) is 5.01 Å². The topological polar surface area (TPSA) is 104 Å². The van der Waals surface area contributed by atoms with Crippen molar-refractivity contribution in [3.05, 3.63) is 0 Å². The first-order valence-electron chi connectivity index (χ1n) is 6.76. The lowest BCUT2D eigenvalue weighted by atomic mass is 9.71. The second-order valence-corrected chi connectivity index (χ2v) is 6.48. The molecule has 0 aromatic rings. The molecule has 20 heavy (non-hydrogen) atoms. The molecule has 0 aromatic carbocycles. The summed E-state index contributed by atoms with van der Waals surface area (Å²) >= 11 is 0. The summed E-state index contributed by atoms with van der Waals surface area (Å²) in [6.45, 7) is 5.53. The number of carboxylic acids is 1. The summed E-state index contributed by atoms with van der Waals surface area (Å²) in [6, 6.07) is -0.830. The van der Waals surface area contributed by atoms with Gasteiger partial charge >= 0.3 is 5.97 Å². The van der Waals surface area contributed by atoms with Crippen molar-refractivity contribution in [1.29, 1.82) is 0 Å². The third-order valence-corrected chi connectivity index (χ3v) is 4.37. The molecule has 7 nitrogen and oxygen atoms in total. The van der Waals surface area contributed by atoms with Crippen molar-refractivity contribution < 1.29 is 19.5 Å². The number of hydrogen-bond donors (Lipinski definition) is 2. The minimum atomic E-state index is -1.43. The van der Waals surface area contributed by atoms with E-state index < -0.39 is 28.9 Å². The average Bonchev–Trinajstić information content (AvgIpc) is 2.70. The Bertz CT molecular complexity index is 471. The lowest BCUT2D eigenvalue weighted by Gasteiger charge is -2.45. The van der Waals surface area contributed by atoms with E-state index in [2.05, 4.69) is 0 Å². The lowest BCUT2D eigenvalue weighted by molar-refractivity contribution is -0.184. The Labute approximate surface area is 117 Å². The Morgan fingerprint density at radius 2 is 2.00 bits per heavy atom. The van der Waals surface area contributed by atoms with Gasteiger partial charge in [-0.15, -0.1) is 0 Å². The van der Waals surface area contributed by atoms with E-state index in [1.54, 1.807) is 20.8 Å². The van der Waals surface area contributed by atoms with Crippen molar-refractivity contribution in [3.8, 4) is 0 Å². The van der Waals surface area contributed by atoms with Crippen LogP contribution in [0.2, 0.25) is 0 Å². The lowest BCUT2D eigenvalue weighted by Crippen LogP contribution is -2.65. The molecule has 2 aliphatic rings. The molecule has 2 amide bonds. The van der Waals surface area contributed by atoms with Crippen LogP contribution in [0.5, 0.6) is 0 Å². The smallest absolute Gasteiger partial charge is 0.332 e. The normalized spacial score (nSPS) is 31.3. The van der Waals surface area contributed by atoms with Crippen LogP contribution in [-0.4, -0.2) is 51.0 Å². The summed E-state index contributed by atoms with van der Waals surface area (Å²) in [4.78, 5) is 36.5. The van der Waals surface area contributed by atoms with Gasteiger partial charge in [-0.3, -0.25) is 14.6 Å². The standard InChI is InChI=1S/C13H21N3O4/c1-12(2,3)13(11(19)20)6-7-15-9(17)5-4-8(14)10(18)16(13)15/h8H,4-7,14H2,1-3H3,(H,19,20)/t8-,13+/m0/s1. The number of rotatable bonds is 1. The SMILES string of the molecule is CC(C)(C)[C@]1(C(=O)O)CCN2C(=O)CC[C@H](N)C(=O)N21. The molecule has 2 atom stereocenters. The molecule has 0 unspecified atom stereocenters. The number of amides is 2. The number of carboxylic acid groups (broad SMARTS) is 1. The van der Waals surface area contributed by atoms with Crippen LogP contribution in [0.3, 0.4) is 0 Å². The van der Waals surface area contributed by atoms with Gasteiger partial charge in [0, 0.05) is 19.4 Å². The summed E-state index contributed by atoms with van der Waals surface area (Å²) in [5, 5.41) is 12.1. The third-order valence-electron chi connectivity index (χ3n) is 4.37. The highest BCUT2D eigenvalue weighted by atomic mass is 16.4. The number of fused-ring (bicyclic) bond motifs is 1. The van der Waals surface area contributed by atoms with Crippen molar-refractivity contribution in [1.82, 2.24) is 10.0 Å². The van der Waals surface area contributed by atoms with Crippen molar-refractivity contribution in [2.24, 2.45) is 11.1 Å². The molecular formula is C13H21N3O4. The number of hydrogen-bond acceptors (Lipinski definition) is 4. The number of carbonyl (C=O) groups excluding carboxylic acids is 2. The van der Waals surface area contributed by atoms with Crippen LogP contribution in [0.15, 0.2) is 0 Å². The van der Waals surface area contributed by atoms with E-state index in [4.69, 9.17) is 5.73 Å². The van der Waals surface area contributed by atoms with Crippen LogP contribution in [0.1, 0.15) is 40.0 Å². The maximum Gasteiger partial charge on any atom is 0.332 e. The molecule has 2 aliphatic heterocycles. The molecular weight excluding hydrogens is 262 g/mol. The van der Waals surface area contributed by atoms with Gasteiger partial charge in [0.05, 0.1) is 6.04 Å². The fourth-order valence-electron chi connectivity index (χ4n) is 3.12. The van der Waals surface area contributed by atoms with Gasteiger partial charge in [0.1, 0.15) is 0 Å². The quantitative estimate of drug-likeness (QED) is 0.702. The molecule has 0 radical (unpaired) electrons. The van der Waals surface area contributed by atoms with Crippen molar-refractivity contribution in [3.63, 3.8) is 0 Å². The number of nitrogens with two attached hydrogens (primary N) is 1. The average molecular weight is 283 g/mol. The molecule has 0 spiro atoms. The van der Waals surface area contributed by atoms with Crippen LogP contribution < -0.4 is 5.73 Å². The first kappa shape index (κ1) is 14.8. The molecule has 0 aliphatic carbocycles. The molecule has 112 valence electrons. The predicted molar refractivity (Wildman–Crippen MR) is 70.2 cm³/mol. The van der Waals surface area contributed by atoms with E-state index in [1.807, 2.05) is 0 Å². The van der Waals surface area contributed by atoms with Gasteiger partial charge in [0.25, 0.3) is 5.91 Å². The monoisotopic (exact) mass is 283 g/mol. The van der Waals surface area contributed by atoms with Crippen molar-refractivity contribution in [2.75, 3.05) is 6.54 Å². The predicted octanol–water partition coefficient (Wildman–Crippen LogP) is -0.0471. The van der Waals surface area contributed by atoms with E-state index in [0.717, 1.165) is 5.01 Å². The Morgan fingerprint density at radius 1 is 1.40 bits per heavy atom. The van der Waals surface area contributed by atoms with E-state index >= 15 is 0 Å². The van der Waals surface area contributed by atoms with Crippen LogP contribution in [0.25, 0.3) is 0 Å². The first-order chi connectivity index (χ1) is 9.13. The second-order valence-electron chi connectivity index (χ2n) is 6.48. The van der Waals surface area contributed by atoms with Crippen LogP contribution in [0, 0.1) is 5.41 Å². The van der Waals surface area contributed by atoms with Gasteiger partial charge in [0.15, 0.2) is 5.54 Å². The summed E-state index contributed by atoms with van der Waals surface area (Å²) in [7, 11) is 0. The van der Waals surface area contributed by atoms with Gasteiger partial charge in [-0.25, -0.2) is 9.80 Å². The highest BCUT2D eigenvalue weighted by molar-refractivity contribution is 5.94. The zero-order valence-corrected chi connectivity index (χ0v) is 12.0. The van der Waals surface area contributed by atoms with Crippen molar-refractivity contribution in [2.45, 2.75) is 51.6 Å². The molecule has 0 saturated carbocycles. The minimum absolute atomic E-state index is 0.170. The zero-order chi connectivity index (χ0) is 15.3. The molecule has 3 N–H and O–H groups in total. The number of hydrazine groups is 1. The Hall–Kier alpha value is -1.63. The van der Waals surface area contributed by atoms with Crippen LogP contribution in [0.4, 0.5) is 0 Å². The minimum Gasteiger partial charge on any atom is -0.479 e.